The van der Waals surface area contributed by atoms with E-state index in [0.29, 0.717) is 6.42 Å². The Kier molecular flexibility index (Phi) is 4.05. The molecule has 0 spiro atoms. The second-order valence-electron chi connectivity index (χ2n) is 6.91. The number of hydrogen-bond donors (Lipinski definition) is 0. The second-order valence-corrected chi connectivity index (χ2v) is 6.91. The van der Waals surface area contributed by atoms with E-state index in [4.69, 9.17) is 0 Å². The van der Waals surface area contributed by atoms with E-state index in [-0.39, 0.29) is 11.9 Å². The Morgan fingerprint density at radius 3 is 2.96 bits per heavy atom. The van der Waals surface area contributed by atoms with Crippen molar-refractivity contribution in [2.24, 2.45) is 0 Å². The quantitative estimate of drug-likeness (QED) is 0.872. The summed E-state index contributed by atoms with van der Waals surface area (Å²) >= 11 is 0. The fraction of sp³-hybridized carbons (Fsp3) is 0.450. The zero-order valence-electron chi connectivity index (χ0n) is 14.2. The van der Waals surface area contributed by atoms with Crippen LogP contribution in [0.2, 0.25) is 0 Å². The topological polar surface area (TPSA) is 46.1 Å². The fourth-order valence-electron chi connectivity index (χ4n) is 4.04. The molecule has 1 saturated heterocycles. The predicted octanol–water partition coefficient (Wildman–Crippen LogP) is 3.18. The Balaban J connectivity index is 1.51. The maximum absolute atomic E-state index is 12.9. The average Bonchev–Trinajstić information content (AvgIpc) is 3.23. The SMILES string of the molecule is Cc1nccc(C2CCCN2C(=O)Cc2ccc3c(c2)CCC3)n1. The number of hydrogen-bond acceptors (Lipinski definition) is 3. The van der Waals surface area contributed by atoms with Crippen molar-refractivity contribution >= 4 is 5.91 Å². The highest BCUT2D eigenvalue weighted by Crippen LogP contribution is 2.31. The molecular formula is C20H23N3O. The van der Waals surface area contributed by atoms with Gasteiger partial charge in [0.25, 0.3) is 0 Å². The number of nitrogens with zero attached hydrogens (tertiary/aromatic N) is 3. The van der Waals surface area contributed by atoms with Crippen LogP contribution in [0.5, 0.6) is 0 Å². The number of aromatic nitrogens is 2. The Morgan fingerprint density at radius 1 is 1.21 bits per heavy atom. The van der Waals surface area contributed by atoms with Crippen molar-refractivity contribution in [3.63, 3.8) is 0 Å². The van der Waals surface area contributed by atoms with Gasteiger partial charge >= 0.3 is 0 Å². The van der Waals surface area contributed by atoms with Gasteiger partial charge in [-0.1, -0.05) is 18.2 Å². The molecule has 1 aliphatic carbocycles. The van der Waals surface area contributed by atoms with Gasteiger partial charge < -0.3 is 4.90 Å². The molecule has 0 N–H and O–H groups in total. The third kappa shape index (κ3) is 2.93. The van der Waals surface area contributed by atoms with Crippen molar-refractivity contribution in [1.82, 2.24) is 14.9 Å². The lowest BCUT2D eigenvalue weighted by Crippen LogP contribution is -2.32. The number of aryl methyl sites for hydroxylation is 3. The number of benzene rings is 1. The highest BCUT2D eigenvalue weighted by Gasteiger charge is 2.31. The summed E-state index contributed by atoms with van der Waals surface area (Å²) in [6.45, 7) is 2.73. The molecule has 1 unspecified atom stereocenters. The van der Waals surface area contributed by atoms with Crippen LogP contribution in [0.15, 0.2) is 30.5 Å². The minimum Gasteiger partial charge on any atom is -0.334 e. The van der Waals surface area contributed by atoms with Gasteiger partial charge in [-0.2, -0.15) is 0 Å². The van der Waals surface area contributed by atoms with Crippen LogP contribution in [0.25, 0.3) is 0 Å². The van der Waals surface area contributed by atoms with Crippen LogP contribution in [0.4, 0.5) is 0 Å². The van der Waals surface area contributed by atoms with Crippen molar-refractivity contribution in [1.29, 1.82) is 0 Å². The van der Waals surface area contributed by atoms with Crippen LogP contribution in [0, 0.1) is 6.92 Å². The molecule has 4 rings (SSSR count). The maximum atomic E-state index is 12.9. The number of amides is 1. The smallest absolute Gasteiger partial charge is 0.227 e. The van der Waals surface area contributed by atoms with E-state index in [9.17, 15) is 4.79 Å². The molecule has 4 nitrogen and oxygen atoms in total. The summed E-state index contributed by atoms with van der Waals surface area (Å²) in [6, 6.07) is 8.62. The Bertz CT molecular complexity index is 771. The minimum absolute atomic E-state index is 0.105. The van der Waals surface area contributed by atoms with E-state index in [1.54, 1.807) is 6.20 Å². The molecule has 1 atom stereocenters. The average molecular weight is 321 g/mol. The molecule has 2 aromatic rings. The Morgan fingerprint density at radius 2 is 2.08 bits per heavy atom. The zero-order chi connectivity index (χ0) is 16.5. The van der Waals surface area contributed by atoms with Crippen molar-refractivity contribution < 1.29 is 4.79 Å². The fourth-order valence-corrected chi connectivity index (χ4v) is 4.04. The van der Waals surface area contributed by atoms with Gasteiger partial charge in [-0.15, -0.1) is 0 Å². The Labute approximate surface area is 142 Å². The van der Waals surface area contributed by atoms with Crippen LogP contribution in [-0.2, 0) is 24.1 Å². The van der Waals surface area contributed by atoms with Crippen LogP contribution >= 0.6 is 0 Å². The molecule has 124 valence electrons. The van der Waals surface area contributed by atoms with Crippen molar-refractivity contribution in [2.45, 2.75) is 51.5 Å². The molecule has 1 fully saturated rings. The molecule has 4 heteroatoms. The molecule has 1 aromatic heterocycles. The summed E-state index contributed by atoms with van der Waals surface area (Å²) in [4.78, 5) is 23.6. The molecule has 24 heavy (non-hydrogen) atoms. The molecule has 2 aliphatic rings. The first kappa shape index (κ1) is 15.3. The van der Waals surface area contributed by atoms with Gasteiger partial charge in [0.05, 0.1) is 18.2 Å². The van der Waals surface area contributed by atoms with E-state index < -0.39 is 0 Å². The van der Waals surface area contributed by atoms with Gasteiger partial charge in [-0.3, -0.25) is 4.79 Å². The maximum Gasteiger partial charge on any atom is 0.227 e. The number of fused-ring (bicyclic) bond motifs is 1. The summed E-state index contributed by atoms with van der Waals surface area (Å²) in [5.74, 6) is 0.983. The van der Waals surface area contributed by atoms with Gasteiger partial charge in [-0.05, 0) is 61.8 Å². The molecule has 0 radical (unpaired) electrons. The van der Waals surface area contributed by atoms with Gasteiger partial charge in [0, 0.05) is 12.7 Å². The first-order valence-corrected chi connectivity index (χ1v) is 8.90. The molecule has 1 aliphatic heterocycles. The third-order valence-electron chi connectivity index (χ3n) is 5.23. The summed E-state index contributed by atoms with van der Waals surface area (Å²) in [5, 5.41) is 0. The van der Waals surface area contributed by atoms with Crippen molar-refractivity contribution in [3.8, 4) is 0 Å². The highest BCUT2D eigenvalue weighted by molar-refractivity contribution is 5.79. The molecule has 0 bridgehead atoms. The van der Waals surface area contributed by atoms with Crippen LogP contribution < -0.4 is 0 Å². The summed E-state index contributed by atoms with van der Waals surface area (Å²) < 4.78 is 0. The minimum atomic E-state index is 0.105. The van der Waals surface area contributed by atoms with Crippen LogP contribution in [0.3, 0.4) is 0 Å². The molecular weight excluding hydrogens is 298 g/mol. The number of carbonyl (C=O) groups excluding carboxylic acids is 1. The van der Waals surface area contributed by atoms with Gasteiger partial charge in [0.15, 0.2) is 0 Å². The zero-order valence-corrected chi connectivity index (χ0v) is 14.2. The number of carbonyl (C=O) groups is 1. The van der Waals surface area contributed by atoms with Gasteiger partial charge in [0.2, 0.25) is 5.91 Å². The van der Waals surface area contributed by atoms with Crippen molar-refractivity contribution in [2.75, 3.05) is 6.54 Å². The molecule has 2 heterocycles. The van der Waals surface area contributed by atoms with Crippen LogP contribution in [-0.4, -0.2) is 27.3 Å². The standard InChI is InChI=1S/C20H23N3O/c1-14-21-10-9-18(22-14)19-6-3-11-23(19)20(24)13-15-7-8-16-4-2-5-17(16)12-15/h7-10,12,19H,2-6,11,13H2,1H3. The largest absolute Gasteiger partial charge is 0.334 e. The van der Waals surface area contributed by atoms with Crippen molar-refractivity contribution in [3.05, 3.63) is 58.7 Å². The van der Waals surface area contributed by atoms with Gasteiger partial charge in [-0.25, -0.2) is 9.97 Å². The monoisotopic (exact) mass is 321 g/mol. The summed E-state index contributed by atoms with van der Waals surface area (Å²) in [6.07, 6.45) is 7.91. The van der Waals surface area contributed by atoms with E-state index >= 15 is 0 Å². The van der Waals surface area contributed by atoms with E-state index in [0.717, 1.165) is 42.9 Å². The van der Waals surface area contributed by atoms with Gasteiger partial charge in [0.1, 0.15) is 5.82 Å². The first-order chi connectivity index (χ1) is 11.7. The van der Waals surface area contributed by atoms with E-state index in [1.165, 1.54) is 24.0 Å². The second kappa shape index (κ2) is 6.34. The summed E-state index contributed by atoms with van der Waals surface area (Å²) in [5.41, 5.74) is 5.01. The third-order valence-corrected chi connectivity index (χ3v) is 5.23. The highest BCUT2D eigenvalue weighted by atomic mass is 16.2. The van der Waals surface area contributed by atoms with E-state index in [1.807, 2.05) is 17.9 Å². The summed E-state index contributed by atoms with van der Waals surface area (Å²) in [7, 11) is 0. The van der Waals surface area contributed by atoms with E-state index in [2.05, 4.69) is 28.2 Å². The molecule has 1 amide bonds. The Hall–Kier alpha value is -2.23. The number of rotatable bonds is 3. The molecule has 0 saturated carbocycles. The lowest BCUT2D eigenvalue weighted by Gasteiger charge is -2.24. The molecule has 1 aromatic carbocycles. The first-order valence-electron chi connectivity index (χ1n) is 8.90. The van der Waals surface area contributed by atoms with Crippen LogP contribution in [0.1, 0.15) is 53.5 Å². The predicted molar refractivity (Wildman–Crippen MR) is 92.6 cm³/mol. The number of likely N-dealkylation sites (tertiary alicyclic amines) is 1. The lowest BCUT2D eigenvalue weighted by atomic mass is 10.0. The lowest BCUT2D eigenvalue weighted by molar-refractivity contribution is -0.131. The normalized spacial score (nSPS) is 19.5.